The molecule has 9 heteroatoms. The molecule has 1 fully saturated rings. The molecule has 0 bridgehead atoms. The van der Waals surface area contributed by atoms with Gasteiger partial charge in [-0.05, 0) is 29.6 Å². The summed E-state index contributed by atoms with van der Waals surface area (Å²) < 4.78 is 26.9. The third-order valence-electron chi connectivity index (χ3n) is 4.33. The van der Waals surface area contributed by atoms with Crippen molar-refractivity contribution >= 4 is 38.3 Å². The minimum atomic E-state index is -3.47. The van der Waals surface area contributed by atoms with Crippen LogP contribution in [-0.4, -0.2) is 59.7 Å². The van der Waals surface area contributed by atoms with E-state index in [4.69, 9.17) is 0 Å². The Hall–Kier alpha value is -2.36. The number of piperazine rings is 1. The summed E-state index contributed by atoms with van der Waals surface area (Å²) in [6, 6.07) is 8.55. The van der Waals surface area contributed by atoms with Crippen LogP contribution in [-0.2, 0) is 10.0 Å². The molecule has 0 radical (unpaired) electrons. The van der Waals surface area contributed by atoms with Crippen molar-refractivity contribution in [1.82, 2.24) is 19.2 Å². The Morgan fingerprint density at radius 3 is 2.42 bits per heavy atom. The minimum absolute atomic E-state index is 0.120. The first-order valence-electron chi connectivity index (χ1n) is 8.09. The van der Waals surface area contributed by atoms with E-state index < -0.39 is 10.0 Å². The second-order valence-corrected chi connectivity index (χ2v) is 9.00. The van der Waals surface area contributed by atoms with E-state index in [1.807, 2.05) is 0 Å². The molecule has 0 saturated carbocycles. The largest absolute Gasteiger partial charge is 0.336 e. The number of sulfonamides is 1. The van der Waals surface area contributed by atoms with Crippen LogP contribution in [0.1, 0.15) is 10.4 Å². The second kappa shape index (κ2) is 6.75. The highest BCUT2D eigenvalue weighted by Gasteiger charge is 2.31. The van der Waals surface area contributed by atoms with Gasteiger partial charge in [-0.1, -0.05) is 6.07 Å². The Morgan fingerprint density at radius 2 is 1.73 bits per heavy atom. The number of aromatic nitrogens is 2. The summed E-state index contributed by atoms with van der Waals surface area (Å²) in [5.74, 6) is -0.120. The van der Waals surface area contributed by atoms with Gasteiger partial charge >= 0.3 is 0 Å². The highest BCUT2D eigenvalue weighted by atomic mass is 32.2. The first-order valence-corrected chi connectivity index (χ1v) is 10.4. The van der Waals surface area contributed by atoms with E-state index in [1.54, 1.807) is 53.0 Å². The van der Waals surface area contributed by atoms with E-state index in [0.717, 1.165) is 5.52 Å². The van der Waals surface area contributed by atoms with Gasteiger partial charge in [-0.25, -0.2) is 8.42 Å². The maximum Gasteiger partial charge on any atom is 0.254 e. The number of fused-ring (bicyclic) bond motifs is 1. The summed E-state index contributed by atoms with van der Waals surface area (Å²) in [6.07, 6.45) is 3.20. The zero-order valence-corrected chi connectivity index (χ0v) is 15.4. The number of nitrogens with zero attached hydrogens (tertiary/aromatic N) is 4. The fourth-order valence-electron chi connectivity index (χ4n) is 2.95. The van der Waals surface area contributed by atoms with Crippen LogP contribution in [0.2, 0.25) is 0 Å². The topological polar surface area (TPSA) is 83.5 Å². The average molecular weight is 388 g/mol. The van der Waals surface area contributed by atoms with Gasteiger partial charge in [-0.3, -0.25) is 14.8 Å². The lowest BCUT2D eigenvalue weighted by Crippen LogP contribution is -2.50. The average Bonchev–Trinajstić information content (AvgIpc) is 3.23. The fourth-order valence-corrected chi connectivity index (χ4v) is 5.51. The summed E-state index contributed by atoms with van der Waals surface area (Å²) in [5, 5.41) is 1.75. The standard InChI is InChI=1S/C17H16N4O3S2/c22-17(13-3-4-14-15(12-13)19-6-5-18-14)20-7-9-21(10-8-20)26(23,24)16-2-1-11-25-16/h1-6,11-12H,7-10H2. The number of benzene rings is 1. The molecule has 3 heterocycles. The molecule has 0 unspecified atom stereocenters. The zero-order valence-electron chi connectivity index (χ0n) is 13.8. The van der Waals surface area contributed by atoms with Crippen molar-refractivity contribution in [1.29, 1.82) is 0 Å². The molecule has 1 aliphatic heterocycles. The smallest absolute Gasteiger partial charge is 0.254 e. The molecule has 134 valence electrons. The number of rotatable bonds is 3. The molecule has 7 nitrogen and oxygen atoms in total. The first-order chi connectivity index (χ1) is 12.6. The monoisotopic (exact) mass is 388 g/mol. The molecule has 0 spiro atoms. The van der Waals surface area contributed by atoms with Gasteiger partial charge in [0.25, 0.3) is 15.9 Å². The van der Waals surface area contributed by atoms with Gasteiger partial charge in [0.1, 0.15) is 4.21 Å². The normalized spacial score (nSPS) is 16.1. The molecule has 3 aromatic rings. The lowest BCUT2D eigenvalue weighted by molar-refractivity contribution is 0.0698. The van der Waals surface area contributed by atoms with E-state index in [9.17, 15) is 13.2 Å². The zero-order chi connectivity index (χ0) is 18.1. The fraction of sp³-hybridized carbons (Fsp3) is 0.235. The van der Waals surface area contributed by atoms with Crippen LogP contribution < -0.4 is 0 Å². The Morgan fingerprint density at radius 1 is 1.00 bits per heavy atom. The number of amides is 1. The molecule has 1 amide bonds. The Labute approximate surface area is 155 Å². The molecule has 0 N–H and O–H groups in total. The molecule has 2 aromatic heterocycles. The van der Waals surface area contributed by atoms with Gasteiger partial charge < -0.3 is 4.90 Å². The van der Waals surface area contributed by atoms with Gasteiger partial charge in [0.2, 0.25) is 0 Å². The van der Waals surface area contributed by atoms with E-state index >= 15 is 0 Å². The second-order valence-electron chi connectivity index (χ2n) is 5.89. The van der Waals surface area contributed by atoms with E-state index in [-0.39, 0.29) is 5.91 Å². The summed E-state index contributed by atoms with van der Waals surface area (Å²) in [4.78, 5) is 22.8. The maximum atomic E-state index is 12.7. The predicted octanol–water partition coefficient (Wildman–Crippen LogP) is 1.84. The molecular weight excluding hydrogens is 372 g/mol. The van der Waals surface area contributed by atoms with Crippen LogP contribution in [0, 0.1) is 0 Å². The molecular formula is C17H16N4O3S2. The summed E-state index contributed by atoms with van der Waals surface area (Å²) in [7, 11) is -3.47. The van der Waals surface area contributed by atoms with Crippen LogP contribution in [0.15, 0.2) is 52.3 Å². The molecule has 0 aliphatic carbocycles. The molecule has 4 rings (SSSR count). The van der Waals surface area contributed by atoms with Gasteiger partial charge in [0.05, 0.1) is 11.0 Å². The lowest BCUT2D eigenvalue weighted by atomic mass is 10.1. The molecule has 26 heavy (non-hydrogen) atoms. The van der Waals surface area contributed by atoms with Crippen molar-refractivity contribution in [2.24, 2.45) is 0 Å². The van der Waals surface area contributed by atoms with Crippen LogP contribution in [0.5, 0.6) is 0 Å². The molecule has 1 saturated heterocycles. The summed E-state index contributed by atoms with van der Waals surface area (Å²) >= 11 is 1.21. The maximum absolute atomic E-state index is 12.7. The van der Waals surface area contributed by atoms with Crippen LogP contribution in [0.4, 0.5) is 0 Å². The number of thiophene rings is 1. The van der Waals surface area contributed by atoms with Crippen LogP contribution >= 0.6 is 11.3 Å². The van der Waals surface area contributed by atoms with Crippen molar-refractivity contribution < 1.29 is 13.2 Å². The van der Waals surface area contributed by atoms with E-state index in [0.29, 0.717) is 41.5 Å². The number of hydrogen-bond donors (Lipinski definition) is 0. The first kappa shape index (κ1) is 17.1. The quantitative estimate of drug-likeness (QED) is 0.684. The van der Waals surface area contributed by atoms with E-state index in [2.05, 4.69) is 9.97 Å². The van der Waals surface area contributed by atoms with E-state index in [1.165, 1.54) is 15.6 Å². The number of carbonyl (C=O) groups is 1. The Balaban J connectivity index is 1.48. The summed E-state index contributed by atoms with van der Waals surface area (Å²) in [5.41, 5.74) is 1.93. The molecule has 1 aliphatic rings. The van der Waals surface area contributed by atoms with Crippen LogP contribution in [0.3, 0.4) is 0 Å². The third kappa shape index (κ3) is 3.09. The van der Waals surface area contributed by atoms with Gasteiger partial charge in [0, 0.05) is 44.1 Å². The predicted molar refractivity (Wildman–Crippen MR) is 98.5 cm³/mol. The highest BCUT2D eigenvalue weighted by Crippen LogP contribution is 2.22. The van der Waals surface area contributed by atoms with Gasteiger partial charge in [0.15, 0.2) is 0 Å². The van der Waals surface area contributed by atoms with Crippen molar-refractivity contribution in [2.45, 2.75) is 4.21 Å². The Kier molecular flexibility index (Phi) is 4.43. The summed E-state index contributed by atoms with van der Waals surface area (Å²) in [6.45, 7) is 1.31. The van der Waals surface area contributed by atoms with Gasteiger partial charge in [-0.15, -0.1) is 11.3 Å². The molecule has 0 atom stereocenters. The van der Waals surface area contributed by atoms with Crippen molar-refractivity contribution in [3.63, 3.8) is 0 Å². The van der Waals surface area contributed by atoms with Crippen LogP contribution in [0.25, 0.3) is 11.0 Å². The van der Waals surface area contributed by atoms with Gasteiger partial charge in [-0.2, -0.15) is 4.31 Å². The minimum Gasteiger partial charge on any atom is -0.336 e. The molecule has 1 aromatic carbocycles. The SMILES string of the molecule is O=C(c1ccc2nccnc2c1)N1CCN(S(=O)(=O)c2cccs2)CC1. The van der Waals surface area contributed by atoms with Crippen molar-refractivity contribution in [2.75, 3.05) is 26.2 Å². The number of hydrogen-bond acceptors (Lipinski definition) is 6. The third-order valence-corrected chi connectivity index (χ3v) is 7.60. The Bertz CT molecular complexity index is 1040. The number of carbonyl (C=O) groups excluding carboxylic acids is 1. The van der Waals surface area contributed by atoms with Crippen molar-refractivity contribution in [3.05, 3.63) is 53.7 Å². The highest BCUT2D eigenvalue weighted by molar-refractivity contribution is 7.91. The lowest BCUT2D eigenvalue weighted by Gasteiger charge is -2.33. The van der Waals surface area contributed by atoms with Crippen molar-refractivity contribution in [3.8, 4) is 0 Å².